The quantitative estimate of drug-likeness (QED) is 0.655. The van der Waals surface area contributed by atoms with Crippen LogP contribution in [0.4, 0.5) is 4.79 Å². The van der Waals surface area contributed by atoms with Crippen LogP contribution in [-0.2, 0) is 9.47 Å². The second-order valence-corrected chi connectivity index (χ2v) is 3.68. The molecule has 106 valence electrons. The maximum absolute atomic E-state index is 10.8. The third-order valence-electron chi connectivity index (χ3n) is 2.17. The van der Waals surface area contributed by atoms with Crippen molar-refractivity contribution in [2.24, 2.45) is 0 Å². The Hall–Kier alpha value is -2.04. The van der Waals surface area contributed by atoms with E-state index in [1.807, 2.05) is 6.07 Å². The minimum absolute atomic E-state index is 0.291. The molecule has 0 aliphatic carbocycles. The number of unbranched alkanes of at least 4 members (excludes halogenated alkanes) is 2. The Morgan fingerprint density at radius 3 is 2.26 bits per heavy atom. The van der Waals surface area contributed by atoms with Crippen molar-refractivity contribution >= 4 is 12.1 Å². The predicted molar refractivity (Wildman–Crippen MR) is 71.3 cm³/mol. The molecule has 1 N–H and O–H groups in total. The molecule has 0 saturated heterocycles. The molecule has 0 atom stereocenters. The van der Waals surface area contributed by atoms with Gasteiger partial charge in [-0.25, -0.2) is 9.59 Å². The van der Waals surface area contributed by atoms with Gasteiger partial charge in [-0.3, -0.25) is 0 Å². The number of hydrogen-bond donors (Lipinski definition) is 1. The van der Waals surface area contributed by atoms with E-state index in [1.165, 1.54) is 7.11 Å². The topological polar surface area (TPSA) is 72.8 Å². The van der Waals surface area contributed by atoms with Crippen LogP contribution >= 0.6 is 0 Å². The molecular formula is C14H20O5. The van der Waals surface area contributed by atoms with Gasteiger partial charge in [0.25, 0.3) is 0 Å². The molecule has 0 aliphatic heterocycles. The average molecular weight is 268 g/mol. The van der Waals surface area contributed by atoms with Gasteiger partial charge in [0.15, 0.2) is 0 Å². The first-order valence-corrected chi connectivity index (χ1v) is 6.10. The average Bonchev–Trinajstić information content (AvgIpc) is 2.44. The molecule has 1 aromatic rings. The summed E-state index contributed by atoms with van der Waals surface area (Å²) in [4.78, 5) is 20.5. The maximum Gasteiger partial charge on any atom is 0.505 e. The summed E-state index contributed by atoms with van der Waals surface area (Å²) in [6, 6.07) is 8.88. The highest BCUT2D eigenvalue weighted by Crippen LogP contribution is 1.98. The van der Waals surface area contributed by atoms with E-state index in [4.69, 9.17) is 5.11 Å². The van der Waals surface area contributed by atoms with Crippen LogP contribution in [0.3, 0.4) is 0 Å². The zero-order valence-corrected chi connectivity index (χ0v) is 11.3. The lowest BCUT2D eigenvalue weighted by Crippen LogP contribution is -2.00. The van der Waals surface area contributed by atoms with E-state index >= 15 is 0 Å². The Morgan fingerprint density at radius 1 is 1.16 bits per heavy atom. The number of esters is 1. The Morgan fingerprint density at radius 2 is 1.79 bits per heavy atom. The zero-order chi connectivity index (χ0) is 14.5. The molecule has 5 nitrogen and oxygen atoms in total. The Labute approximate surface area is 113 Å². The van der Waals surface area contributed by atoms with Gasteiger partial charge in [-0.05, 0) is 18.6 Å². The second-order valence-electron chi connectivity index (χ2n) is 3.68. The van der Waals surface area contributed by atoms with Gasteiger partial charge in [-0.15, -0.1) is 0 Å². The monoisotopic (exact) mass is 268 g/mol. The van der Waals surface area contributed by atoms with Gasteiger partial charge in [0, 0.05) is 0 Å². The second kappa shape index (κ2) is 11.1. The number of methoxy groups -OCH3 is 1. The fourth-order valence-corrected chi connectivity index (χ4v) is 1.20. The molecule has 0 amide bonds. The number of carbonyl (C=O) groups excluding carboxylic acids is 1. The van der Waals surface area contributed by atoms with Crippen LogP contribution in [0.2, 0.25) is 0 Å². The number of benzene rings is 1. The Kier molecular flexibility index (Phi) is 9.88. The summed E-state index contributed by atoms with van der Waals surface area (Å²) >= 11 is 0. The molecule has 0 aromatic heterocycles. The summed E-state index contributed by atoms with van der Waals surface area (Å²) in [5, 5.41) is 7.99. The smallest absolute Gasteiger partial charge is 0.465 e. The Bertz CT molecular complexity index is 361. The van der Waals surface area contributed by atoms with E-state index in [-0.39, 0.29) is 5.97 Å². The number of ether oxygens (including phenoxy) is 2. The number of carboxylic acid groups (broad SMARTS) is 1. The molecule has 0 bridgehead atoms. The van der Waals surface area contributed by atoms with E-state index in [9.17, 15) is 9.59 Å². The van der Waals surface area contributed by atoms with Crippen LogP contribution in [-0.4, -0.2) is 30.9 Å². The molecule has 0 aliphatic rings. The van der Waals surface area contributed by atoms with Gasteiger partial charge >= 0.3 is 12.1 Å². The minimum atomic E-state index is -1.17. The predicted octanol–water partition coefficient (Wildman–Crippen LogP) is 3.34. The number of hydrogen-bond acceptors (Lipinski definition) is 4. The summed E-state index contributed by atoms with van der Waals surface area (Å²) in [6.45, 7) is 2.39. The van der Waals surface area contributed by atoms with Crippen molar-refractivity contribution in [3.63, 3.8) is 0 Å². The van der Waals surface area contributed by atoms with Crippen LogP contribution in [0.25, 0.3) is 0 Å². The van der Waals surface area contributed by atoms with Crippen molar-refractivity contribution in [2.45, 2.75) is 26.2 Å². The van der Waals surface area contributed by atoms with Gasteiger partial charge in [0.1, 0.15) is 0 Å². The van der Waals surface area contributed by atoms with Crippen molar-refractivity contribution in [2.75, 3.05) is 13.7 Å². The van der Waals surface area contributed by atoms with E-state index in [0.717, 1.165) is 19.3 Å². The molecule has 19 heavy (non-hydrogen) atoms. The minimum Gasteiger partial charge on any atom is -0.465 e. The molecule has 1 aromatic carbocycles. The molecule has 0 heterocycles. The van der Waals surface area contributed by atoms with Crippen LogP contribution in [0.5, 0.6) is 0 Å². The fraction of sp³-hybridized carbons (Fsp3) is 0.429. The SMILES string of the molecule is CCCCCOC(=O)O.COC(=O)c1ccccc1. The molecular weight excluding hydrogens is 248 g/mol. The van der Waals surface area contributed by atoms with Gasteiger partial charge in [-0.1, -0.05) is 38.0 Å². The third-order valence-corrected chi connectivity index (χ3v) is 2.17. The van der Waals surface area contributed by atoms with Crippen LogP contribution < -0.4 is 0 Å². The normalized spacial score (nSPS) is 8.95. The van der Waals surface area contributed by atoms with E-state index in [1.54, 1.807) is 24.3 Å². The van der Waals surface area contributed by atoms with Crippen LogP contribution in [0.1, 0.15) is 36.5 Å². The molecule has 0 fully saturated rings. The standard InChI is InChI=1S/C8H8O2.C6H12O3/c1-10-8(9)7-5-3-2-4-6-7;1-2-3-4-5-9-6(7)8/h2-6H,1H3;2-5H2,1H3,(H,7,8). The van der Waals surface area contributed by atoms with Crippen molar-refractivity contribution < 1.29 is 24.2 Å². The molecule has 0 spiro atoms. The lowest BCUT2D eigenvalue weighted by atomic mass is 10.2. The molecule has 0 radical (unpaired) electrons. The molecule has 5 heteroatoms. The summed E-state index contributed by atoms with van der Waals surface area (Å²) in [7, 11) is 1.37. The first kappa shape index (κ1) is 17.0. The van der Waals surface area contributed by atoms with Crippen molar-refractivity contribution in [3.05, 3.63) is 35.9 Å². The maximum atomic E-state index is 10.8. The fourth-order valence-electron chi connectivity index (χ4n) is 1.20. The Balaban J connectivity index is 0.000000344. The molecule has 0 saturated carbocycles. The number of rotatable bonds is 5. The van der Waals surface area contributed by atoms with E-state index in [0.29, 0.717) is 12.2 Å². The van der Waals surface area contributed by atoms with Crippen LogP contribution in [0, 0.1) is 0 Å². The highest BCUT2D eigenvalue weighted by atomic mass is 16.7. The summed E-state index contributed by atoms with van der Waals surface area (Å²) in [5.74, 6) is -0.291. The summed E-state index contributed by atoms with van der Waals surface area (Å²) in [5.41, 5.74) is 0.588. The highest BCUT2D eigenvalue weighted by molar-refractivity contribution is 5.89. The summed E-state index contributed by atoms with van der Waals surface area (Å²) in [6.07, 6.45) is 1.78. The molecule has 0 unspecified atom stereocenters. The van der Waals surface area contributed by atoms with Gasteiger partial charge in [0.05, 0.1) is 19.3 Å². The van der Waals surface area contributed by atoms with E-state index < -0.39 is 6.16 Å². The molecule has 1 rings (SSSR count). The van der Waals surface area contributed by atoms with Crippen molar-refractivity contribution in [1.82, 2.24) is 0 Å². The first-order valence-electron chi connectivity index (χ1n) is 6.10. The van der Waals surface area contributed by atoms with Gasteiger partial charge < -0.3 is 14.6 Å². The lowest BCUT2D eigenvalue weighted by molar-refractivity contribution is 0.0600. The number of carbonyl (C=O) groups is 2. The van der Waals surface area contributed by atoms with Crippen molar-refractivity contribution in [3.8, 4) is 0 Å². The lowest BCUT2D eigenvalue weighted by Gasteiger charge is -1.96. The first-order chi connectivity index (χ1) is 9.11. The van der Waals surface area contributed by atoms with Gasteiger partial charge in [0.2, 0.25) is 0 Å². The van der Waals surface area contributed by atoms with E-state index in [2.05, 4.69) is 16.4 Å². The third kappa shape index (κ3) is 9.64. The van der Waals surface area contributed by atoms with Crippen LogP contribution in [0.15, 0.2) is 30.3 Å². The summed E-state index contributed by atoms with van der Waals surface area (Å²) < 4.78 is 8.76. The largest absolute Gasteiger partial charge is 0.505 e. The van der Waals surface area contributed by atoms with Crippen molar-refractivity contribution in [1.29, 1.82) is 0 Å². The van der Waals surface area contributed by atoms with Gasteiger partial charge in [-0.2, -0.15) is 0 Å². The zero-order valence-electron chi connectivity index (χ0n) is 11.3. The highest BCUT2D eigenvalue weighted by Gasteiger charge is 2.00.